The van der Waals surface area contributed by atoms with Crippen molar-refractivity contribution >= 4 is 35.4 Å². The Morgan fingerprint density at radius 3 is 2.50 bits per heavy atom. The average molecular weight is 415 g/mol. The van der Waals surface area contributed by atoms with E-state index in [1.165, 1.54) is 12.1 Å². The monoisotopic (exact) mass is 415 g/mol. The number of hydrogen-bond acceptors (Lipinski definition) is 6. The van der Waals surface area contributed by atoms with Crippen molar-refractivity contribution in [2.75, 3.05) is 18.5 Å². The van der Waals surface area contributed by atoms with Crippen molar-refractivity contribution in [2.24, 2.45) is 5.92 Å². The van der Waals surface area contributed by atoms with Gasteiger partial charge >= 0.3 is 23.8 Å². The van der Waals surface area contributed by atoms with Crippen LogP contribution in [0, 0.1) is 5.92 Å². The summed E-state index contributed by atoms with van der Waals surface area (Å²) in [4.78, 5) is 63.8. The Bertz CT molecular complexity index is 883. The number of anilines is 1. The zero-order valence-corrected chi connectivity index (χ0v) is 17.1. The Labute approximate surface area is 174 Å². The van der Waals surface area contributed by atoms with Crippen LogP contribution in [0.3, 0.4) is 0 Å². The summed E-state index contributed by atoms with van der Waals surface area (Å²) >= 11 is 0. The van der Waals surface area contributed by atoms with Crippen molar-refractivity contribution < 1.29 is 28.7 Å². The van der Waals surface area contributed by atoms with Gasteiger partial charge in [-0.3, -0.25) is 19.3 Å². The van der Waals surface area contributed by atoms with Crippen molar-refractivity contribution in [3.8, 4) is 0 Å². The van der Waals surface area contributed by atoms with Gasteiger partial charge in [0.05, 0.1) is 17.9 Å². The molecule has 0 aromatic heterocycles. The Morgan fingerprint density at radius 2 is 1.80 bits per heavy atom. The van der Waals surface area contributed by atoms with E-state index in [1.54, 1.807) is 19.1 Å². The third-order valence-corrected chi connectivity index (χ3v) is 5.48. The normalized spacial score (nSPS) is 21.7. The molecule has 1 heterocycles. The van der Waals surface area contributed by atoms with Gasteiger partial charge in [0.25, 0.3) is 0 Å². The maximum Gasteiger partial charge on any atom is 0.340 e. The quantitative estimate of drug-likeness (QED) is 0.433. The first kappa shape index (κ1) is 21.5. The first-order chi connectivity index (χ1) is 14.3. The largest absolute Gasteiger partial charge is 0.462 e. The average Bonchev–Trinajstić information content (AvgIpc) is 2.92. The number of benzene rings is 1. The number of amides is 5. The van der Waals surface area contributed by atoms with Crippen LogP contribution in [-0.4, -0.2) is 58.7 Å². The van der Waals surface area contributed by atoms with Crippen LogP contribution >= 0.6 is 0 Å². The Kier molecular flexibility index (Phi) is 6.49. The maximum atomic E-state index is 12.8. The lowest BCUT2D eigenvalue weighted by Crippen LogP contribution is -2.46. The summed E-state index contributed by atoms with van der Waals surface area (Å²) in [6.07, 6.45) is 3.43. The number of ether oxygens (including phenoxy) is 1. The van der Waals surface area contributed by atoms with Gasteiger partial charge in [-0.05, 0) is 37.8 Å². The topological polar surface area (TPSA) is 113 Å². The summed E-state index contributed by atoms with van der Waals surface area (Å²) in [7, 11) is 0. The van der Waals surface area contributed by atoms with E-state index in [-0.39, 0.29) is 29.8 Å². The SMILES string of the molecule is CCOC(=O)c1ccccc1NC(=O)CN1C(=O)C(=O)N([C@H]2CCCC[C@H]2C)C1=O. The van der Waals surface area contributed by atoms with Crippen LogP contribution in [-0.2, 0) is 19.1 Å². The summed E-state index contributed by atoms with van der Waals surface area (Å²) in [6.45, 7) is 3.18. The van der Waals surface area contributed by atoms with Gasteiger partial charge in [0.2, 0.25) is 5.91 Å². The van der Waals surface area contributed by atoms with E-state index >= 15 is 0 Å². The number of imide groups is 2. The van der Waals surface area contributed by atoms with Crippen LogP contribution in [0.15, 0.2) is 24.3 Å². The second-order valence-corrected chi connectivity index (χ2v) is 7.49. The third kappa shape index (κ3) is 4.19. The smallest absolute Gasteiger partial charge is 0.340 e. The molecule has 1 N–H and O–H groups in total. The summed E-state index contributed by atoms with van der Waals surface area (Å²) in [5.41, 5.74) is 0.352. The zero-order chi connectivity index (χ0) is 21.8. The van der Waals surface area contributed by atoms with Crippen LogP contribution in [0.25, 0.3) is 0 Å². The molecule has 0 radical (unpaired) electrons. The van der Waals surface area contributed by atoms with Crippen LogP contribution < -0.4 is 5.32 Å². The minimum atomic E-state index is -1.01. The van der Waals surface area contributed by atoms with Gasteiger partial charge in [0, 0.05) is 6.04 Å². The fourth-order valence-corrected chi connectivity index (χ4v) is 3.95. The first-order valence-corrected chi connectivity index (χ1v) is 10.1. The van der Waals surface area contributed by atoms with Crippen LogP contribution in [0.1, 0.15) is 49.9 Å². The van der Waals surface area contributed by atoms with Gasteiger partial charge in [-0.25, -0.2) is 14.5 Å². The molecule has 3 rings (SSSR count). The van der Waals surface area contributed by atoms with E-state index in [2.05, 4.69) is 5.32 Å². The molecule has 9 nitrogen and oxygen atoms in total. The summed E-state index contributed by atoms with van der Waals surface area (Å²) in [5.74, 6) is -3.09. The third-order valence-electron chi connectivity index (χ3n) is 5.48. The fourth-order valence-electron chi connectivity index (χ4n) is 3.95. The second kappa shape index (κ2) is 9.06. The molecule has 0 spiro atoms. The highest BCUT2D eigenvalue weighted by molar-refractivity contribution is 6.45. The van der Waals surface area contributed by atoms with E-state index in [0.29, 0.717) is 11.3 Å². The number of rotatable bonds is 6. The van der Waals surface area contributed by atoms with E-state index in [9.17, 15) is 24.0 Å². The van der Waals surface area contributed by atoms with Gasteiger partial charge in [0.15, 0.2) is 0 Å². The Hall–Kier alpha value is -3.23. The number of nitrogens with one attached hydrogen (secondary N) is 1. The molecule has 0 unspecified atom stereocenters. The van der Waals surface area contributed by atoms with Crippen molar-refractivity contribution in [1.29, 1.82) is 0 Å². The van der Waals surface area contributed by atoms with Crippen molar-refractivity contribution in [3.63, 3.8) is 0 Å². The molecule has 30 heavy (non-hydrogen) atoms. The molecule has 5 amide bonds. The molecule has 2 atom stereocenters. The molecule has 1 saturated heterocycles. The summed E-state index contributed by atoms with van der Waals surface area (Å²) in [5, 5.41) is 2.52. The lowest BCUT2D eigenvalue weighted by molar-refractivity contribution is -0.145. The molecule has 9 heteroatoms. The lowest BCUT2D eigenvalue weighted by Gasteiger charge is -2.34. The van der Waals surface area contributed by atoms with Gasteiger partial charge in [-0.2, -0.15) is 0 Å². The minimum Gasteiger partial charge on any atom is -0.462 e. The molecular formula is C21H25N3O6. The van der Waals surface area contributed by atoms with Gasteiger partial charge in [-0.15, -0.1) is 0 Å². The van der Waals surface area contributed by atoms with Crippen molar-refractivity contribution in [2.45, 2.75) is 45.6 Å². The van der Waals surface area contributed by atoms with Gasteiger partial charge < -0.3 is 10.1 Å². The molecule has 160 valence electrons. The first-order valence-electron chi connectivity index (χ1n) is 10.1. The zero-order valence-electron chi connectivity index (χ0n) is 17.1. The molecule has 1 aromatic rings. The van der Waals surface area contributed by atoms with E-state index in [1.807, 2.05) is 6.92 Å². The Morgan fingerprint density at radius 1 is 1.10 bits per heavy atom. The number of para-hydroxylation sites is 1. The molecular weight excluding hydrogens is 390 g/mol. The Balaban J connectivity index is 1.71. The molecule has 1 aliphatic heterocycles. The van der Waals surface area contributed by atoms with Crippen LogP contribution in [0.5, 0.6) is 0 Å². The van der Waals surface area contributed by atoms with Crippen LogP contribution in [0.2, 0.25) is 0 Å². The maximum absolute atomic E-state index is 12.8. The predicted octanol–water partition coefficient (Wildman–Crippen LogP) is 2.17. The second-order valence-electron chi connectivity index (χ2n) is 7.49. The van der Waals surface area contributed by atoms with E-state index in [0.717, 1.165) is 24.2 Å². The molecule has 1 saturated carbocycles. The number of nitrogens with zero attached hydrogens (tertiary/aromatic N) is 2. The highest BCUT2D eigenvalue weighted by Crippen LogP contribution is 2.31. The molecule has 2 aliphatic rings. The highest BCUT2D eigenvalue weighted by atomic mass is 16.5. The lowest BCUT2D eigenvalue weighted by atomic mass is 9.85. The van der Waals surface area contributed by atoms with Gasteiger partial charge in [-0.1, -0.05) is 31.9 Å². The fraction of sp³-hybridized carbons (Fsp3) is 0.476. The number of carbonyl (C=O) groups is 5. The molecule has 1 aromatic carbocycles. The number of urea groups is 1. The number of carbonyl (C=O) groups excluding carboxylic acids is 5. The van der Waals surface area contributed by atoms with E-state index in [4.69, 9.17) is 4.74 Å². The summed E-state index contributed by atoms with van der Waals surface area (Å²) in [6, 6.07) is 5.16. The standard InChI is InChI=1S/C21H25N3O6/c1-3-30-20(28)14-9-5-6-10-15(14)22-17(25)12-23-18(26)19(27)24(21(23)29)16-11-7-4-8-13(16)2/h5-6,9-10,13,16H,3-4,7-8,11-12H2,1-2H3,(H,22,25)/t13-,16+/m1/s1. The molecule has 2 fully saturated rings. The van der Waals surface area contributed by atoms with Gasteiger partial charge in [0.1, 0.15) is 6.54 Å². The minimum absolute atomic E-state index is 0.102. The van der Waals surface area contributed by atoms with Crippen molar-refractivity contribution in [3.05, 3.63) is 29.8 Å². The van der Waals surface area contributed by atoms with Crippen molar-refractivity contribution in [1.82, 2.24) is 9.80 Å². The highest BCUT2D eigenvalue weighted by Gasteiger charge is 2.49. The molecule has 0 bridgehead atoms. The number of esters is 1. The molecule has 1 aliphatic carbocycles. The van der Waals surface area contributed by atoms with Crippen LogP contribution in [0.4, 0.5) is 10.5 Å². The summed E-state index contributed by atoms with van der Waals surface area (Å²) < 4.78 is 4.96. The predicted molar refractivity (Wildman–Crippen MR) is 106 cm³/mol. The van der Waals surface area contributed by atoms with E-state index < -0.39 is 36.3 Å². The number of hydrogen-bond donors (Lipinski definition) is 1.